The van der Waals surface area contributed by atoms with Gasteiger partial charge in [0.2, 0.25) is 5.89 Å². The van der Waals surface area contributed by atoms with E-state index in [0.717, 1.165) is 12.8 Å². The molecule has 1 aromatic heterocycles. The molecule has 0 bridgehead atoms. The number of hydrogen-bond donors (Lipinski definition) is 2. The van der Waals surface area contributed by atoms with Crippen molar-refractivity contribution in [3.63, 3.8) is 0 Å². The second kappa shape index (κ2) is 5.41. The summed E-state index contributed by atoms with van der Waals surface area (Å²) in [6.45, 7) is 0.742. The Morgan fingerprint density at radius 3 is 2.94 bits per heavy atom. The highest BCUT2D eigenvalue weighted by molar-refractivity contribution is 4.99. The van der Waals surface area contributed by atoms with Crippen molar-refractivity contribution in [2.75, 3.05) is 13.2 Å². The third-order valence-corrected chi connectivity index (χ3v) is 3.35. The van der Waals surface area contributed by atoms with E-state index in [1.54, 1.807) is 0 Å². The zero-order chi connectivity index (χ0) is 11.4. The lowest BCUT2D eigenvalue weighted by molar-refractivity contribution is 0.248. The molecule has 0 aliphatic heterocycles. The molecule has 0 aromatic carbocycles. The summed E-state index contributed by atoms with van der Waals surface area (Å²) >= 11 is 0. The maximum atomic E-state index is 8.80. The Balaban J connectivity index is 2.08. The smallest absolute Gasteiger partial charge is 0.230 e. The minimum absolute atomic E-state index is 0.0595. The Hall–Kier alpha value is -0.940. The second-order valence-electron chi connectivity index (χ2n) is 4.41. The van der Waals surface area contributed by atoms with E-state index in [2.05, 4.69) is 10.1 Å². The first-order valence-electron chi connectivity index (χ1n) is 5.98. The Bertz CT molecular complexity index is 327. The van der Waals surface area contributed by atoms with Gasteiger partial charge < -0.3 is 15.4 Å². The van der Waals surface area contributed by atoms with Gasteiger partial charge in [0, 0.05) is 12.3 Å². The average molecular weight is 225 g/mol. The van der Waals surface area contributed by atoms with Gasteiger partial charge in [0.05, 0.1) is 6.61 Å². The van der Waals surface area contributed by atoms with Crippen LogP contribution in [0, 0.1) is 5.92 Å². The molecule has 0 amide bonds. The fraction of sp³-hybridized carbons (Fsp3) is 0.818. The number of aliphatic hydroxyl groups is 1. The molecule has 0 saturated heterocycles. The molecule has 3 N–H and O–H groups in total. The minimum Gasteiger partial charge on any atom is -0.396 e. The van der Waals surface area contributed by atoms with Gasteiger partial charge >= 0.3 is 0 Å². The Kier molecular flexibility index (Phi) is 3.90. The van der Waals surface area contributed by atoms with Gasteiger partial charge in [-0.25, -0.2) is 0 Å². The van der Waals surface area contributed by atoms with E-state index in [1.165, 1.54) is 12.8 Å². The molecular weight excluding hydrogens is 206 g/mol. The van der Waals surface area contributed by atoms with Crippen LogP contribution in [0.3, 0.4) is 0 Å². The first-order chi connectivity index (χ1) is 7.85. The monoisotopic (exact) mass is 225 g/mol. The molecule has 1 aromatic rings. The number of nitrogens with zero attached hydrogens (tertiary/aromatic N) is 2. The first-order valence-corrected chi connectivity index (χ1v) is 5.98. The third-order valence-electron chi connectivity index (χ3n) is 3.35. The van der Waals surface area contributed by atoms with E-state index in [9.17, 15) is 0 Å². The van der Waals surface area contributed by atoms with Crippen LogP contribution in [0.2, 0.25) is 0 Å². The summed E-state index contributed by atoms with van der Waals surface area (Å²) in [4.78, 5) is 4.33. The van der Waals surface area contributed by atoms with Crippen molar-refractivity contribution in [1.82, 2.24) is 10.1 Å². The molecule has 1 fully saturated rings. The van der Waals surface area contributed by atoms with Gasteiger partial charge in [-0.05, 0) is 25.3 Å². The molecule has 1 saturated carbocycles. The van der Waals surface area contributed by atoms with Crippen molar-refractivity contribution in [2.24, 2.45) is 11.7 Å². The highest BCUT2D eigenvalue weighted by Gasteiger charge is 2.29. The normalized spacial score (nSPS) is 25.9. The molecule has 2 rings (SSSR count). The van der Waals surface area contributed by atoms with Gasteiger partial charge in [-0.15, -0.1) is 0 Å². The molecule has 90 valence electrons. The van der Waals surface area contributed by atoms with E-state index in [-0.39, 0.29) is 6.61 Å². The highest BCUT2D eigenvalue weighted by Crippen LogP contribution is 2.36. The van der Waals surface area contributed by atoms with Crippen molar-refractivity contribution in [3.05, 3.63) is 11.7 Å². The van der Waals surface area contributed by atoms with Crippen LogP contribution in [0.1, 0.15) is 43.3 Å². The number of hydrogen-bond acceptors (Lipinski definition) is 5. The van der Waals surface area contributed by atoms with Gasteiger partial charge in [0.15, 0.2) is 5.82 Å². The van der Waals surface area contributed by atoms with E-state index in [0.29, 0.717) is 36.5 Å². The molecule has 16 heavy (non-hydrogen) atoms. The lowest BCUT2D eigenvalue weighted by atomic mass is 9.79. The molecule has 5 heteroatoms. The molecule has 0 radical (unpaired) electrons. The quantitative estimate of drug-likeness (QED) is 0.793. The molecule has 1 heterocycles. The van der Waals surface area contributed by atoms with Crippen LogP contribution < -0.4 is 5.73 Å². The lowest BCUT2D eigenvalue weighted by Crippen LogP contribution is -2.25. The highest BCUT2D eigenvalue weighted by atomic mass is 16.5. The molecule has 5 nitrogen and oxygen atoms in total. The molecule has 2 atom stereocenters. The van der Waals surface area contributed by atoms with Gasteiger partial charge in [-0.1, -0.05) is 18.0 Å². The first kappa shape index (κ1) is 11.5. The van der Waals surface area contributed by atoms with Crippen LogP contribution >= 0.6 is 0 Å². The molecule has 1 aliphatic carbocycles. The van der Waals surface area contributed by atoms with Gasteiger partial charge in [-0.2, -0.15) is 4.98 Å². The SMILES string of the molecule is NCC1CCCCC1c1nc(CCO)no1. The summed E-state index contributed by atoms with van der Waals surface area (Å²) in [6, 6.07) is 0. The Morgan fingerprint density at radius 2 is 2.19 bits per heavy atom. The largest absolute Gasteiger partial charge is 0.396 e. The van der Waals surface area contributed by atoms with Crippen LogP contribution in [0.5, 0.6) is 0 Å². The predicted octanol–water partition coefficient (Wildman–Crippen LogP) is 0.837. The molecule has 2 unspecified atom stereocenters. The maximum Gasteiger partial charge on any atom is 0.230 e. The van der Waals surface area contributed by atoms with Crippen molar-refractivity contribution in [3.8, 4) is 0 Å². The zero-order valence-corrected chi connectivity index (χ0v) is 9.43. The van der Waals surface area contributed by atoms with Crippen molar-refractivity contribution in [1.29, 1.82) is 0 Å². The van der Waals surface area contributed by atoms with Crippen LogP contribution in [-0.2, 0) is 6.42 Å². The summed E-state index contributed by atoms with van der Waals surface area (Å²) in [5.74, 6) is 2.09. The number of nitrogens with two attached hydrogens (primary N) is 1. The Morgan fingerprint density at radius 1 is 1.38 bits per heavy atom. The van der Waals surface area contributed by atoms with Crippen LogP contribution in [0.25, 0.3) is 0 Å². The van der Waals surface area contributed by atoms with Crippen molar-refractivity contribution < 1.29 is 9.63 Å². The summed E-state index contributed by atoms with van der Waals surface area (Å²) < 4.78 is 5.26. The van der Waals surface area contributed by atoms with E-state index < -0.39 is 0 Å². The standard InChI is InChI=1S/C11H19N3O2/c12-7-8-3-1-2-4-9(8)11-13-10(5-6-15)14-16-11/h8-9,15H,1-7,12H2. The topological polar surface area (TPSA) is 85.2 Å². The van der Waals surface area contributed by atoms with Crippen molar-refractivity contribution >= 4 is 0 Å². The molecule has 1 aliphatic rings. The van der Waals surface area contributed by atoms with Crippen LogP contribution in [0.4, 0.5) is 0 Å². The predicted molar refractivity (Wildman–Crippen MR) is 58.8 cm³/mol. The fourth-order valence-corrected chi connectivity index (χ4v) is 2.43. The van der Waals surface area contributed by atoms with Gasteiger partial charge in [-0.3, -0.25) is 0 Å². The maximum absolute atomic E-state index is 8.80. The summed E-state index contributed by atoms with van der Waals surface area (Å²) in [5.41, 5.74) is 5.77. The Labute approximate surface area is 95.0 Å². The summed E-state index contributed by atoms with van der Waals surface area (Å²) in [7, 11) is 0. The second-order valence-corrected chi connectivity index (χ2v) is 4.41. The van der Waals surface area contributed by atoms with Crippen molar-refractivity contribution in [2.45, 2.75) is 38.0 Å². The average Bonchev–Trinajstić information content (AvgIpc) is 2.78. The van der Waals surface area contributed by atoms with E-state index in [4.69, 9.17) is 15.4 Å². The number of aliphatic hydroxyl groups excluding tert-OH is 1. The lowest BCUT2D eigenvalue weighted by Gasteiger charge is -2.27. The summed E-state index contributed by atoms with van der Waals surface area (Å²) in [6.07, 6.45) is 5.15. The minimum atomic E-state index is 0.0595. The van der Waals surface area contributed by atoms with E-state index in [1.807, 2.05) is 0 Å². The number of rotatable bonds is 4. The zero-order valence-electron chi connectivity index (χ0n) is 9.43. The summed E-state index contributed by atoms with van der Waals surface area (Å²) in [5, 5.41) is 12.7. The van der Waals surface area contributed by atoms with Crippen LogP contribution in [-0.4, -0.2) is 28.4 Å². The molecule has 0 spiro atoms. The van der Waals surface area contributed by atoms with Gasteiger partial charge in [0.1, 0.15) is 0 Å². The van der Waals surface area contributed by atoms with Crippen LogP contribution in [0.15, 0.2) is 4.52 Å². The number of aromatic nitrogens is 2. The van der Waals surface area contributed by atoms with E-state index >= 15 is 0 Å². The third kappa shape index (κ3) is 2.41. The fourth-order valence-electron chi connectivity index (χ4n) is 2.43. The molecular formula is C11H19N3O2. The van der Waals surface area contributed by atoms with Gasteiger partial charge in [0.25, 0.3) is 0 Å².